The molecule has 100 valence electrons. The average molecular weight is 295 g/mol. The molecule has 0 aliphatic rings. The number of amides is 1. The molecule has 1 aromatic heterocycles. The van der Waals surface area contributed by atoms with Crippen LogP contribution in [0.25, 0.3) is 0 Å². The number of carbonyl (C=O) groups is 1. The van der Waals surface area contributed by atoms with Gasteiger partial charge in [-0.15, -0.1) is 11.3 Å². The molecule has 0 fully saturated rings. The highest BCUT2D eigenvalue weighted by atomic mass is 35.5. The fourth-order valence-corrected chi connectivity index (χ4v) is 2.54. The molecule has 1 heterocycles. The van der Waals surface area contributed by atoms with Gasteiger partial charge in [0.15, 0.2) is 0 Å². The van der Waals surface area contributed by atoms with E-state index in [1.165, 1.54) is 0 Å². The Hall–Kier alpha value is -1.52. The molecule has 5 heteroatoms. The molecule has 0 unspecified atom stereocenters. The van der Waals surface area contributed by atoms with Crippen LogP contribution in [0.1, 0.15) is 22.2 Å². The van der Waals surface area contributed by atoms with Gasteiger partial charge in [0, 0.05) is 22.1 Å². The summed E-state index contributed by atoms with van der Waals surface area (Å²) < 4.78 is 0. The second-order valence-electron chi connectivity index (χ2n) is 3.98. The minimum atomic E-state index is -0.119. The van der Waals surface area contributed by atoms with Crippen LogP contribution in [0.2, 0.25) is 5.02 Å². The first-order valence-electron chi connectivity index (χ1n) is 6.04. The number of halogens is 1. The maximum atomic E-state index is 12.2. The minimum Gasteiger partial charge on any atom is -0.385 e. The molecular formula is C14H15ClN2OS. The Bertz CT molecular complexity index is 555. The summed E-state index contributed by atoms with van der Waals surface area (Å²) in [4.78, 5) is 13.3. The molecule has 0 bridgehead atoms. The van der Waals surface area contributed by atoms with Crippen molar-refractivity contribution in [2.75, 3.05) is 11.9 Å². The Morgan fingerprint density at radius 1 is 1.37 bits per heavy atom. The lowest BCUT2D eigenvalue weighted by molar-refractivity contribution is 0.0952. The number of anilines is 1. The molecule has 0 aliphatic carbocycles. The van der Waals surface area contributed by atoms with Gasteiger partial charge in [0.1, 0.15) is 0 Å². The number of carbonyl (C=O) groups excluding carboxylic acids is 1. The van der Waals surface area contributed by atoms with E-state index in [2.05, 4.69) is 10.6 Å². The zero-order valence-electron chi connectivity index (χ0n) is 10.6. The highest BCUT2D eigenvalue weighted by Gasteiger charge is 2.11. The predicted octanol–water partition coefficient (Wildman–Crippen LogP) is 3.76. The first kappa shape index (κ1) is 13.9. The van der Waals surface area contributed by atoms with Crippen molar-refractivity contribution in [1.29, 1.82) is 0 Å². The summed E-state index contributed by atoms with van der Waals surface area (Å²) >= 11 is 7.58. The first-order valence-corrected chi connectivity index (χ1v) is 7.30. The number of benzene rings is 1. The highest BCUT2D eigenvalue weighted by molar-refractivity contribution is 7.09. The van der Waals surface area contributed by atoms with Gasteiger partial charge in [0.05, 0.1) is 12.1 Å². The first-order chi connectivity index (χ1) is 9.20. The molecule has 1 aromatic carbocycles. The van der Waals surface area contributed by atoms with Gasteiger partial charge < -0.3 is 10.6 Å². The molecule has 1 amide bonds. The number of thiophene rings is 1. The van der Waals surface area contributed by atoms with Crippen LogP contribution in [0, 0.1) is 0 Å². The van der Waals surface area contributed by atoms with Gasteiger partial charge in [-0.2, -0.15) is 0 Å². The van der Waals surface area contributed by atoms with E-state index in [4.69, 9.17) is 11.6 Å². The van der Waals surface area contributed by atoms with E-state index in [1.54, 1.807) is 23.5 Å². The van der Waals surface area contributed by atoms with Crippen molar-refractivity contribution in [2.24, 2.45) is 0 Å². The summed E-state index contributed by atoms with van der Waals surface area (Å²) in [5.74, 6) is -0.119. The van der Waals surface area contributed by atoms with E-state index in [1.807, 2.05) is 30.5 Å². The van der Waals surface area contributed by atoms with E-state index in [9.17, 15) is 4.79 Å². The van der Waals surface area contributed by atoms with Crippen molar-refractivity contribution in [2.45, 2.75) is 13.5 Å². The van der Waals surface area contributed by atoms with Gasteiger partial charge in [-0.25, -0.2) is 0 Å². The van der Waals surface area contributed by atoms with E-state index < -0.39 is 0 Å². The second kappa shape index (κ2) is 6.59. The second-order valence-corrected chi connectivity index (χ2v) is 5.45. The number of rotatable bonds is 5. The smallest absolute Gasteiger partial charge is 0.253 e. The zero-order valence-corrected chi connectivity index (χ0v) is 12.1. The van der Waals surface area contributed by atoms with Crippen LogP contribution >= 0.6 is 22.9 Å². The van der Waals surface area contributed by atoms with Gasteiger partial charge in [-0.1, -0.05) is 17.7 Å². The molecule has 0 aliphatic heterocycles. The Kier molecular flexibility index (Phi) is 4.82. The molecule has 2 N–H and O–H groups in total. The van der Waals surface area contributed by atoms with Crippen LogP contribution in [-0.2, 0) is 6.54 Å². The maximum Gasteiger partial charge on any atom is 0.253 e. The third kappa shape index (κ3) is 3.72. The zero-order chi connectivity index (χ0) is 13.7. The third-order valence-corrected chi connectivity index (χ3v) is 3.71. The van der Waals surface area contributed by atoms with Gasteiger partial charge in [0.2, 0.25) is 0 Å². The molecule has 2 aromatic rings. The third-order valence-electron chi connectivity index (χ3n) is 2.60. The summed E-state index contributed by atoms with van der Waals surface area (Å²) in [7, 11) is 0. The van der Waals surface area contributed by atoms with Crippen molar-refractivity contribution < 1.29 is 4.79 Å². The van der Waals surface area contributed by atoms with Crippen molar-refractivity contribution in [3.63, 3.8) is 0 Å². The Morgan fingerprint density at radius 2 is 2.21 bits per heavy atom. The van der Waals surface area contributed by atoms with Crippen LogP contribution in [0.5, 0.6) is 0 Å². The van der Waals surface area contributed by atoms with Crippen LogP contribution in [-0.4, -0.2) is 12.5 Å². The fourth-order valence-electron chi connectivity index (χ4n) is 1.72. The number of nitrogens with one attached hydrogen (secondary N) is 2. The fraction of sp³-hybridized carbons (Fsp3) is 0.214. The molecule has 0 radical (unpaired) electrons. The van der Waals surface area contributed by atoms with Gasteiger partial charge >= 0.3 is 0 Å². The normalized spacial score (nSPS) is 10.2. The molecular weight excluding hydrogens is 280 g/mol. The SMILES string of the molecule is CCNc1ccc(Cl)cc1C(=O)NCc1cccs1. The number of hydrogen-bond acceptors (Lipinski definition) is 3. The van der Waals surface area contributed by atoms with Gasteiger partial charge in [-0.05, 0) is 36.6 Å². The molecule has 19 heavy (non-hydrogen) atoms. The summed E-state index contributed by atoms with van der Waals surface area (Å²) in [6, 6.07) is 9.24. The average Bonchev–Trinajstić information content (AvgIpc) is 2.91. The summed E-state index contributed by atoms with van der Waals surface area (Å²) in [5, 5.41) is 8.61. The standard InChI is InChI=1S/C14H15ClN2OS/c1-2-16-13-6-5-10(15)8-12(13)14(18)17-9-11-4-3-7-19-11/h3-8,16H,2,9H2,1H3,(H,17,18). The highest BCUT2D eigenvalue weighted by Crippen LogP contribution is 2.21. The largest absolute Gasteiger partial charge is 0.385 e. The molecule has 0 atom stereocenters. The Labute approximate surface area is 121 Å². The quantitative estimate of drug-likeness (QED) is 0.881. The molecule has 0 spiro atoms. The maximum absolute atomic E-state index is 12.2. The predicted molar refractivity (Wildman–Crippen MR) is 81.1 cm³/mol. The van der Waals surface area contributed by atoms with Gasteiger partial charge in [0.25, 0.3) is 5.91 Å². The van der Waals surface area contributed by atoms with E-state index >= 15 is 0 Å². The lowest BCUT2D eigenvalue weighted by Gasteiger charge is -2.11. The summed E-state index contributed by atoms with van der Waals surface area (Å²) in [6.07, 6.45) is 0. The van der Waals surface area contributed by atoms with Crippen molar-refractivity contribution in [1.82, 2.24) is 5.32 Å². The lowest BCUT2D eigenvalue weighted by atomic mass is 10.1. The summed E-state index contributed by atoms with van der Waals surface area (Å²) in [6.45, 7) is 3.28. The van der Waals surface area contributed by atoms with Crippen LogP contribution < -0.4 is 10.6 Å². The van der Waals surface area contributed by atoms with Crippen molar-refractivity contribution in [3.05, 3.63) is 51.2 Å². The van der Waals surface area contributed by atoms with Gasteiger partial charge in [-0.3, -0.25) is 4.79 Å². The minimum absolute atomic E-state index is 0.119. The van der Waals surface area contributed by atoms with Crippen molar-refractivity contribution >= 4 is 34.5 Å². The lowest BCUT2D eigenvalue weighted by Crippen LogP contribution is -2.23. The van der Waals surface area contributed by atoms with E-state index in [-0.39, 0.29) is 5.91 Å². The Morgan fingerprint density at radius 3 is 2.89 bits per heavy atom. The topological polar surface area (TPSA) is 41.1 Å². The van der Waals surface area contributed by atoms with Crippen molar-refractivity contribution in [3.8, 4) is 0 Å². The van der Waals surface area contributed by atoms with E-state index in [0.717, 1.165) is 17.1 Å². The molecule has 2 rings (SSSR count). The summed E-state index contributed by atoms with van der Waals surface area (Å²) in [5.41, 5.74) is 1.38. The molecule has 3 nitrogen and oxygen atoms in total. The monoisotopic (exact) mass is 294 g/mol. The van der Waals surface area contributed by atoms with Crippen LogP contribution in [0.3, 0.4) is 0 Å². The van der Waals surface area contributed by atoms with Crippen LogP contribution in [0.4, 0.5) is 5.69 Å². The number of hydrogen-bond donors (Lipinski definition) is 2. The Balaban J connectivity index is 2.11. The van der Waals surface area contributed by atoms with Crippen LogP contribution in [0.15, 0.2) is 35.7 Å². The molecule has 0 saturated heterocycles. The van der Waals surface area contributed by atoms with E-state index in [0.29, 0.717) is 17.1 Å². The molecule has 0 saturated carbocycles.